The van der Waals surface area contributed by atoms with Crippen LogP contribution in [-0.2, 0) is 9.53 Å². The molecule has 1 aliphatic heterocycles. The number of nitrogens with one attached hydrogen (secondary N) is 1. The fourth-order valence-corrected chi connectivity index (χ4v) is 1.93. The predicted octanol–water partition coefficient (Wildman–Crippen LogP) is 0.579. The maximum absolute atomic E-state index is 12.0. The van der Waals surface area contributed by atoms with Crippen LogP contribution in [0, 0.1) is 5.92 Å². The smallest absolute Gasteiger partial charge is 0.409 e. The molecule has 21 heavy (non-hydrogen) atoms. The number of hydrogen-bond donors (Lipinski definition) is 2. The Kier molecular flexibility index (Phi) is 6.26. The SMILES string of the molecule is CCOC(=O)N1CCN(C(=O)NC(C)C(C)C(=O)O)CC1. The molecule has 0 radical (unpaired) electrons. The van der Waals surface area contributed by atoms with Gasteiger partial charge in [0.15, 0.2) is 0 Å². The van der Waals surface area contributed by atoms with Crippen LogP contribution in [0.5, 0.6) is 0 Å². The summed E-state index contributed by atoms with van der Waals surface area (Å²) in [6, 6.07) is -0.766. The number of carbonyl (C=O) groups excluding carboxylic acids is 2. The largest absolute Gasteiger partial charge is 0.481 e. The highest BCUT2D eigenvalue weighted by Gasteiger charge is 2.27. The molecule has 0 aromatic heterocycles. The minimum absolute atomic E-state index is 0.306. The second-order valence-corrected chi connectivity index (χ2v) is 5.04. The molecule has 3 amide bonds. The van der Waals surface area contributed by atoms with Crippen LogP contribution in [0.15, 0.2) is 0 Å². The topological polar surface area (TPSA) is 99.2 Å². The summed E-state index contributed by atoms with van der Waals surface area (Å²) in [5, 5.41) is 11.6. The van der Waals surface area contributed by atoms with E-state index >= 15 is 0 Å². The lowest BCUT2D eigenvalue weighted by Gasteiger charge is -2.34. The van der Waals surface area contributed by atoms with Crippen molar-refractivity contribution in [3.8, 4) is 0 Å². The molecule has 0 aromatic rings. The van der Waals surface area contributed by atoms with E-state index in [0.717, 1.165) is 0 Å². The zero-order chi connectivity index (χ0) is 16.0. The molecule has 1 heterocycles. The number of amides is 3. The maximum atomic E-state index is 12.0. The molecule has 1 fully saturated rings. The molecule has 1 saturated heterocycles. The van der Waals surface area contributed by atoms with E-state index in [1.807, 2.05) is 0 Å². The summed E-state index contributed by atoms with van der Waals surface area (Å²) < 4.78 is 4.90. The quantitative estimate of drug-likeness (QED) is 0.791. The molecular weight excluding hydrogens is 278 g/mol. The summed E-state index contributed by atoms with van der Waals surface area (Å²) >= 11 is 0. The highest BCUT2D eigenvalue weighted by molar-refractivity contribution is 5.77. The van der Waals surface area contributed by atoms with Crippen molar-refractivity contribution in [2.24, 2.45) is 5.92 Å². The third kappa shape index (κ3) is 4.80. The van der Waals surface area contributed by atoms with Crippen LogP contribution in [0.3, 0.4) is 0 Å². The Labute approximate surface area is 124 Å². The van der Waals surface area contributed by atoms with Gasteiger partial charge in [-0.3, -0.25) is 4.79 Å². The van der Waals surface area contributed by atoms with E-state index in [4.69, 9.17) is 9.84 Å². The summed E-state index contributed by atoms with van der Waals surface area (Å²) in [5.74, 6) is -1.61. The molecule has 120 valence electrons. The average molecular weight is 301 g/mol. The third-order valence-electron chi connectivity index (χ3n) is 3.58. The van der Waals surface area contributed by atoms with Crippen LogP contribution < -0.4 is 5.32 Å². The van der Waals surface area contributed by atoms with Crippen LogP contribution in [-0.4, -0.2) is 71.8 Å². The van der Waals surface area contributed by atoms with Crippen LogP contribution in [0.25, 0.3) is 0 Å². The van der Waals surface area contributed by atoms with Gasteiger partial charge in [-0.25, -0.2) is 9.59 Å². The average Bonchev–Trinajstić information content (AvgIpc) is 2.46. The molecule has 0 bridgehead atoms. The monoisotopic (exact) mass is 301 g/mol. The Morgan fingerprint density at radius 1 is 1.14 bits per heavy atom. The van der Waals surface area contributed by atoms with E-state index in [2.05, 4.69) is 5.32 Å². The Morgan fingerprint density at radius 2 is 1.67 bits per heavy atom. The van der Waals surface area contributed by atoms with Gasteiger partial charge in [-0.2, -0.15) is 0 Å². The van der Waals surface area contributed by atoms with Crippen molar-refractivity contribution < 1.29 is 24.2 Å². The maximum Gasteiger partial charge on any atom is 0.409 e. The van der Waals surface area contributed by atoms with Crippen molar-refractivity contribution in [1.82, 2.24) is 15.1 Å². The molecule has 2 N–H and O–H groups in total. The summed E-state index contributed by atoms with van der Waals surface area (Å²) in [6.45, 7) is 6.90. The van der Waals surface area contributed by atoms with Crippen LogP contribution in [0.1, 0.15) is 20.8 Å². The Balaban J connectivity index is 2.42. The standard InChI is InChI=1S/C13H23N3O5/c1-4-21-13(20)16-7-5-15(6-8-16)12(19)14-10(3)9(2)11(17)18/h9-10H,4-8H2,1-3H3,(H,14,19)(H,17,18). The predicted molar refractivity (Wildman–Crippen MR) is 75.0 cm³/mol. The number of urea groups is 1. The highest BCUT2D eigenvalue weighted by Crippen LogP contribution is 2.07. The van der Waals surface area contributed by atoms with Gasteiger partial charge in [-0.1, -0.05) is 0 Å². The number of aliphatic carboxylic acids is 1. The van der Waals surface area contributed by atoms with E-state index in [-0.39, 0.29) is 12.1 Å². The minimum atomic E-state index is -0.949. The van der Waals surface area contributed by atoms with E-state index in [9.17, 15) is 14.4 Å². The van der Waals surface area contributed by atoms with Gasteiger partial charge in [0.25, 0.3) is 0 Å². The highest BCUT2D eigenvalue weighted by atomic mass is 16.6. The molecular formula is C13H23N3O5. The fraction of sp³-hybridized carbons (Fsp3) is 0.769. The second kappa shape index (κ2) is 7.70. The van der Waals surface area contributed by atoms with Crippen LogP contribution in [0.2, 0.25) is 0 Å². The number of carbonyl (C=O) groups is 3. The number of carboxylic acids is 1. The Hall–Kier alpha value is -1.99. The number of nitrogens with zero attached hydrogens (tertiary/aromatic N) is 2. The first kappa shape index (κ1) is 17.1. The Morgan fingerprint density at radius 3 is 2.14 bits per heavy atom. The van der Waals surface area contributed by atoms with E-state index in [0.29, 0.717) is 32.8 Å². The van der Waals surface area contributed by atoms with Gasteiger partial charge in [0, 0.05) is 32.2 Å². The number of ether oxygens (including phenoxy) is 1. The number of rotatable bonds is 4. The van der Waals surface area contributed by atoms with Crippen molar-refractivity contribution >= 4 is 18.1 Å². The second-order valence-electron chi connectivity index (χ2n) is 5.04. The van der Waals surface area contributed by atoms with Crippen LogP contribution >= 0.6 is 0 Å². The van der Waals surface area contributed by atoms with Gasteiger partial charge in [-0.15, -0.1) is 0 Å². The molecule has 8 heteroatoms. The zero-order valence-electron chi connectivity index (χ0n) is 12.7. The first-order valence-corrected chi connectivity index (χ1v) is 7.06. The van der Waals surface area contributed by atoms with Gasteiger partial charge >= 0.3 is 18.1 Å². The Bertz CT molecular complexity index is 393. The molecule has 1 aliphatic rings. The molecule has 0 aromatic carbocycles. The van der Waals surface area contributed by atoms with E-state index < -0.39 is 17.9 Å². The summed E-state index contributed by atoms with van der Waals surface area (Å²) in [4.78, 5) is 37.5. The van der Waals surface area contributed by atoms with Gasteiger partial charge in [0.1, 0.15) is 0 Å². The fourth-order valence-electron chi connectivity index (χ4n) is 1.93. The lowest BCUT2D eigenvalue weighted by atomic mass is 10.0. The normalized spacial score (nSPS) is 17.9. The van der Waals surface area contributed by atoms with E-state index in [1.54, 1.807) is 30.6 Å². The minimum Gasteiger partial charge on any atom is -0.481 e. The zero-order valence-corrected chi connectivity index (χ0v) is 12.7. The molecule has 2 atom stereocenters. The number of piperazine rings is 1. The first-order chi connectivity index (χ1) is 9.86. The van der Waals surface area contributed by atoms with Crippen molar-refractivity contribution in [2.75, 3.05) is 32.8 Å². The van der Waals surface area contributed by atoms with Gasteiger partial charge in [0.05, 0.1) is 12.5 Å². The summed E-state index contributed by atoms with van der Waals surface area (Å²) in [7, 11) is 0. The van der Waals surface area contributed by atoms with Crippen LogP contribution in [0.4, 0.5) is 9.59 Å². The number of carboxylic acid groups (broad SMARTS) is 1. The summed E-state index contributed by atoms with van der Waals surface area (Å²) in [5.41, 5.74) is 0. The molecule has 0 spiro atoms. The summed E-state index contributed by atoms with van der Waals surface area (Å²) in [6.07, 6.45) is -0.370. The lowest BCUT2D eigenvalue weighted by molar-refractivity contribution is -0.141. The lowest BCUT2D eigenvalue weighted by Crippen LogP contribution is -2.55. The van der Waals surface area contributed by atoms with E-state index in [1.165, 1.54) is 0 Å². The molecule has 8 nitrogen and oxygen atoms in total. The molecule has 1 rings (SSSR count). The first-order valence-electron chi connectivity index (χ1n) is 7.06. The number of hydrogen-bond acceptors (Lipinski definition) is 4. The third-order valence-corrected chi connectivity index (χ3v) is 3.58. The van der Waals surface area contributed by atoms with Gasteiger partial charge < -0.3 is 25.0 Å². The van der Waals surface area contributed by atoms with Crippen molar-refractivity contribution in [3.63, 3.8) is 0 Å². The molecule has 0 saturated carbocycles. The van der Waals surface area contributed by atoms with Gasteiger partial charge in [0.2, 0.25) is 0 Å². The molecule has 2 unspecified atom stereocenters. The molecule has 0 aliphatic carbocycles. The van der Waals surface area contributed by atoms with Crippen molar-refractivity contribution in [1.29, 1.82) is 0 Å². The van der Waals surface area contributed by atoms with Crippen molar-refractivity contribution in [3.05, 3.63) is 0 Å². The van der Waals surface area contributed by atoms with Gasteiger partial charge in [-0.05, 0) is 20.8 Å². The van der Waals surface area contributed by atoms with Crippen molar-refractivity contribution in [2.45, 2.75) is 26.8 Å².